The van der Waals surface area contributed by atoms with Crippen LogP contribution in [0.25, 0.3) is 0 Å². The average molecular weight is 458 g/mol. The van der Waals surface area contributed by atoms with Crippen LogP contribution in [0, 0.1) is 6.92 Å². The molecule has 1 aromatic heterocycles. The second-order valence-electron chi connectivity index (χ2n) is 9.86. The van der Waals surface area contributed by atoms with Crippen LogP contribution in [-0.4, -0.2) is 72.4 Å². The highest BCUT2D eigenvalue weighted by Crippen LogP contribution is 2.39. The third kappa shape index (κ3) is 4.87. The van der Waals surface area contributed by atoms with E-state index in [2.05, 4.69) is 17.2 Å². The van der Waals surface area contributed by atoms with E-state index in [9.17, 15) is 9.59 Å². The molecule has 1 saturated carbocycles. The Morgan fingerprint density at radius 1 is 1.12 bits per heavy atom. The molecule has 6 rings (SSSR count). The number of carbonyl (C=O) groups is 2. The molecule has 4 aliphatic heterocycles. The van der Waals surface area contributed by atoms with Crippen LogP contribution >= 0.6 is 0 Å². The quantitative estimate of drug-likeness (QED) is 0.734. The third-order valence-corrected chi connectivity index (χ3v) is 7.74. The molecule has 0 spiro atoms. The zero-order chi connectivity index (χ0) is 22.8. The maximum absolute atomic E-state index is 13.3. The van der Waals surface area contributed by atoms with Gasteiger partial charge in [-0.1, -0.05) is 0 Å². The Hall–Kier alpha value is -2.19. The number of ether oxygens (including phenoxy) is 3. The van der Waals surface area contributed by atoms with Gasteiger partial charge in [0.1, 0.15) is 6.10 Å². The molecule has 2 amide bonds. The van der Waals surface area contributed by atoms with E-state index in [-0.39, 0.29) is 42.7 Å². The average Bonchev–Trinajstić information content (AvgIpc) is 3.37. The van der Waals surface area contributed by atoms with Gasteiger partial charge in [-0.3, -0.25) is 9.59 Å². The lowest BCUT2D eigenvalue weighted by molar-refractivity contribution is -0.143. The van der Waals surface area contributed by atoms with Gasteiger partial charge < -0.3 is 24.4 Å². The van der Waals surface area contributed by atoms with E-state index < -0.39 is 0 Å². The zero-order valence-electron chi connectivity index (χ0n) is 19.5. The highest BCUT2D eigenvalue weighted by Gasteiger charge is 2.38. The van der Waals surface area contributed by atoms with Gasteiger partial charge in [0.15, 0.2) is 6.61 Å². The topological polar surface area (TPSA) is 90.0 Å². The smallest absolute Gasteiger partial charge is 0.260 e. The van der Waals surface area contributed by atoms with Gasteiger partial charge in [0.05, 0.1) is 24.8 Å². The molecule has 2 unspecified atom stereocenters. The fourth-order valence-electron chi connectivity index (χ4n) is 5.92. The summed E-state index contributed by atoms with van der Waals surface area (Å²) in [5, 5.41) is 3.18. The molecule has 2 saturated heterocycles. The lowest BCUT2D eigenvalue weighted by Crippen LogP contribution is -2.60. The van der Waals surface area contributed by atoms with E-state index in [0.717, 1.165) is 56.9 Å². The van der Waals surface area contributed by atoms with Crippen LogP contribution in [0.1, 0.15) is 68.4 Å². The Morgan fingerprint density at radius 3 is 2.76 bits per heavy atom. The van der Waals surface area contributed by atoms with Gasteiger partial charge >= 0.3 is 0 Å². The molecule has 3 atom stereocenters. The highest BCUT2D eigenvalue weighted by molar-refractivity contribution is 5.82. The van der Waals surface area contributed by atoms with E-state index in [1.54, 1.807) is 6.20 Å². The first-order valence-electron chi connectivity index (χ1n) is 12.5. The summed E-state index contributed by atoms with van der Waals surface area (Å²) in [5.74, 6) is 0.815. The Morgan fingerprint density at radius 2 is 1.97 bits per heavy atom. The number of rotatable bonds is 2. The van der Waals surface area contributed by atoms with Gasteiger partial charge in [-0.05, 0) is 75.8 Å². The van der Waals surface area contributed by atoms with Gasteiger partial charge in [0.2, 0.25) is 11.8 Å². The largest absolute Gasteiger partial charge is 0.467 e. The Kier molecular flexibility index (Phi) is 6.83. The summed E-state index contributed by atoms with van der Waals surface area (Å²) in [5.41, 5.74) is 2.30. The Bertz CT molecular complexity index is 864. The molecule has 1 aliphatic carbocycles. The van der Waals surface area contributed by atoms with Crippen molar-refractivity contribution in [3.05, 3.63) is 23.4 Å². The van der Waals surface area contributed by atoms with Crippen LogP contribution in [-0.2, 0) is 19.1 Å². The van der Waals surface area contributed by atoms with Crippen molar-refractivity contribution < 1.29 is 23.8 Å². The predicted molar refractivity (Wildman–Crippen MR) is 121 cm³/mol. The van der Waals surface area contributed by atoms with Gasteiger partial charge in [-0.15, -0.1) is 0 Å². The molecule has 8 heteroatoms. The molecule has 8 nitrogen and oxygen atoms in total. The number of nitrogens with one attached hydrogen (secondary N) is 1. The molecular formula is C25H35N3O5. The zero-order valence-corrected chi connectivity index (χ0v) is 19.5. The highest BCUT2D eigenvalue weighted by atomic mass is 16.5. The van der Waals surface area contributed by atoms with Crippen molar-refractivity contribution in [3.8, 4) is 5.88 Å². The maximum Gasteiger partial charge on any atom is 0.260 e. The molecule has 0 aromatic carbocycles. The predicted octanol–water partition coefficient (Wildman–Crippen LogP) is 2.48. The SMILES string of the molecule is Cc1ccnc2c1C1CCC(CC1)OCC1[C@@H](NC(=O)C3CCCO3)CCCN1C(=O)CO2. The monoisotopic (exact) mass is 457 g/mol. The molecular weight excluding hydrogens is 422 g/mol. The maximum atomic E-state index is 13.3. The van der Waals surface area contributed by atoms with Crippen molar-refractivity contribution in [2.45, 2.75) is 88.5 Å². The molecule has 0 radical (unpaired) electrons. The van der Waals surface area contributed by atoms with Crippen molar-refractivity contribution in [2.75, 3.05) is 26.4 Å². The molecule has 5 heterocycles. The van der Waals surface area contributed by atoms with Gasteiger partial charge in [0, 0.05) is 24.9 Å². The molecule has 5 aliphatic rings. The second kappa shape index (κ2) is 9.97. The molecule has 180 valence electrons. The summed E-state index contributed by atoms with van der Waals surface area (Å²) in [7, 11) is 0. The molecule has 1 N–H and O–H groups in total. The van der Waals surface area contributed by atoms with E-state index in [4.69, 9.17) is 14.2 Å². The van der Waals surface area contributed by atoms with E-state index in [0.29, 0.717) is 31.6 Å². The van der Waals surface area contributed by atoms with E-state index in [1.165, 1.54) is 5.56 Å². The lowest BCUT2D eigenvalue weighted by Gasteiger charge is -2.42. The fourth-order valence-corrected chi connectivity index (χ4v) is 5.92. The molecule has 33 heavy (non-hydrogen) atoms. The minimum absolute atomic E-state index is 0.0531. The first-order chi connectivity index (χ1) is 16.1. The number of hydrogen-bond donors (Lipinski definition) is 1. The minimum atomic E-state index is -0.379. The standard InChI is InChI=1S/C25H35N3O5/c1-16-10-11-26-25-23(16)17-6-8-18(9-7-17)32-14-20-19(27-24(30)21-5-3-13-31-21)4-2-12-28(20)22(29)15-33-25/h10-11,17-21H,2-9,12-15H2,1H3,(H,27,30)/t17?,18?,19-,20?,21?/m0/s1. The number of amides is 2. The number of hydrogen-bond acceptors (Lipinski definition) is 6. The number of aromatic nitrogens is 1. The van der Waals surface area contributed by atoms with E-state index >= 15 is 0 Å². The second-order valence-corrected chi connectivity index (χ2v) is 9.86. The van der Waals surface area contributed by atoms with Crippen LogP contribution in [0.2, 0.25) is 0 Å². The van der Waals surface area contributed by atoms with Crippen LogP contribution in [0.3, 0.4) is 0 Å². The summed E-state index contributed by atoms with van der Waals surface area (Å²) in [6.45, 7) is 3.75. The third-order valence-electron chi connectivity index (χ3n) is 7.74. The van der Waals surface area contributed by atoms with Gasteiger partial charge in [-0.2, -0.15) is 0 Å². The van der Waals surface area contributed by atoms with Gasteiger partial charge in [-0.25, -0.2) is 4.98 Å². The summed E-state index contributed by atoms with van der Waals surface area (Å²) in [6, 6.07) is 1.67. The number of carbonyl (C=O) groups excluding carboxylic acids is 2. The summed E-state index contributed by atoms with van der Waals surface area (Å²) in [6.07, 6.45) is 8.88. The first-order valence-corrected chi connectivity index (χ1v) is 12.5. The number of pyridine rings is 1. The Labute approximate surface area is 195 Å². The van der Waals surface area contributed by atoms with Crippen molar-refractivity contribution in [3.63, 3.8) is 0 Å². The number of piperidine rings is 1. The van der Waals surface area contributed by atoms with Crippen LogP contribution in [0.4, 0.5) is 0 Å². The van der Waals surface area contributed by atoms with Crippen molar-refractivity contribution >= 4 is 11.8 Å². The first kappa shape index (κ1) is 22.6. The lowest BCUT2D eigenvalue weighted by atomic mass is 9.81. The molecule has 2 bridgehead atoms. The van der Waals surface area contributed by atoms with E-state index in [1.807, 2.05) is 11.0 Å². The Balaban J connectivity index is 1.37. The van der Waals surface area contributed by atoms with Crippen molar-refractivity contribution in [2.24, 2.45) is 0 Å². The number of fused-ring (bicyclic) bond motifs is 5. The molecule has 1 aromatic rings. The van der Waals surface area contributed by atoms with Crippen LogP contribution in [0.15, 0.2) is 12.3 Å². The summed E-state index contributed by atoms with van der Waals surface area (Å²) in [4.78, 5) is 32.4. The van der Waals surface area contributed by atoms with Crippen LogP contribution in [0.5, 0.6) is 5.88 Å². The molecule has 3 fully saturated rings. The number of nitrogens with zero attached hydrogens (tertiary/aromatic N) is 2. The summed E-state index contributed by atoms with van der Waals surface area (Å²) < 4.78 is 18.0. The van der Waals surface area contributed by atoms with Crippen LogP contribution < -0.4 is 10.1 Å². The minimum Gasteiger partial charge on any atom is -0.467 e. The fraction of sp³-hybridized carbons (Fsp3) is 0.720. The van der Waals surface area contributed by atoms with Crippen molar-refractivity contribution in [1.29, 1.82) is 0 Å². The van der Waals surface area contributed by atoms with Gasteiger partial charge in [0.25, 0.3) is 5.91 Å². The normalized spacial score (nSPS) is 32.6. The number of aryl methyl sites for hydroxylation is 1. The summed E-state index contributed by atoms with van der Waals surface area (Å²) >= 11 is 0. The van der Waals surface area contributed by atoms with Crippen molar-refractivity contribution in [1.82, 2.24) is 15.2 Å².